The number of nitrogens with two attached hydrogens (primary N) is 1. The van der Waals surface area contributed by atoms with Gasteiger partial charge in [-0.05, 0) is 12.5 Å². The molecule has 0 heterocycles. The Morgan fingerprint density at radius 1 is 1.55 bits per heavy atom. The third-order valence-electron chi connectivity index (χ3n) is 2.45. The second-order valence-corrected chi connectivity index (χ2v) is 3.88. The van der Waals surface area contributed by atoms with Crippen LogP contribution in [0.4, 0.5) is 5.69 Å². The Hall–Kier alpha value is -1.58. The van der Waals surface area contributed by atoms with Crippen molar-refractivity contribution in [2.75, 3.05) is 13.7 Å². The molecular formula is C12H19IN4O3. The molecule has 1 aromatic carbocycles. The summed E-state index contributed by atoms with van der Waals surface area (Å²) in [4.78, 5) is 14.4. The van der Waals surface area contributed by atoms with Crippen LogP contribution in [0, 0.1) is 10.1 Å². The second-order valence-electron chi connectivity index (χ2n) is 3.88. The van der Waals surface area contributed by atoms with E-state index in [2.05, 4.69) is 10.3 Å². The molecule has 8 heteroatoms. The highest BCUT2D eigenvalue weighted by molar-refractivity contribution is 14.0. The average molecular weight is 394 g/mol. The number of hydrogen-bond acceptors (Lipinski definition) is 4. The number of halogens is 1. The summed E-state index contributed by atoms with van der Waals surface area (Å²) in [6.07, 6.45) is 0.941. The number of nitrogens with one attached hydrogen (secondary N) is 1. The molecule has 1 rings (SSSR count). The van der Waals surface area contributed by atoms with E-state index < -0.39 is 4.92 Å². The van der Waals surface area contributed by atoms with E-state index in [4.69, 9.17) is 10.5 Å². The van der Waals surface area contributed by atoms with E-state index in [0.717, 1.165) is 13.0 Å². The smallest absolute Gasteiger partial charge is 0.270 e. The van der Waals surface area contributed by atoms with Gasteiger partial charge in [-0.3, -0.25) is 10.1 Å². The van der Waals surface area contributed by atoms with Gasteiger partial charge >= 0.3 is 0 Å². The van der Waals surface area contributed by atoms with Crippen LogP contribution in [0.3, 0.4) is 0 Å². The molecule has 7 nitrogen and oxygen atoms in total. The van der Waals surface area contributed by atoms with E-state index in [9.17, 15) is 10.1 Å². The van der Waals surface area contributed by atoms with Crippen LogP contribution in [0.2, 0.25) is 0 Å². The highest BCUT2D eigenvalue weighted by Gasteiger charge is 2.10. The third-order valence-corrected chi connectivity index (χ3v) is 2.45. The van der Waals surface area contributed by atoms with Crippen molar-refractivity contribution < 1.29 is 9.66 Å². The number of ether oxygens (including phenoxy) is 1. The van der Waals surface area contributed by atoms with E-state index in [0.29, 0.717) is 17.3 Å². The molecule has 0 spiro atoms. The van der Waals surface area contributed by atoms with Gasteiger partial charge in [0.15, 0.2) is 5.96 Å². The molecule has 0 fully saturated rings. The van der Waals surface area contributed by atoms with Crippen molar-refractivity contribution in [2.24, 2.45) is 10.7 Å². The Kier molecular flexibility index (Phi) is 8.61. The summed E-state index contributed by atoms with van der Waals surface area (Å²) in [5.74, 6) is 0.869. The minimum absolute atomic E-state index is 0. The largest absolute Gasteiger partial charge is 0.496 e. The summed E-state index contributed by atoms with van der Waals surface area (Å²) in [5, 5.41) is 13.7. The molecule has 1 aromatic rings. The molecule has 0 radical (unpaired) electrons. The van der Waals surface area contributed by atoms with Crippen LogP contribution in [0.1, 0.15) is 18.9 Å². The van der Waals surface area contributed by atoms with Gasteiger partial charge in [0, 0.05) is 24.2 Å². The highest BCUT2D eigenvalue weighted by Crippen LogP contribution is 2.24. The van der Waals surface area contributed by atoms with Crippen LogP contribution >= 0.6 is 24.0 Å². The van der Waals surface area contributed by atoms with Crippen LogP contribution in [-0.4, -0.2) is 24.5 Å². The van der Waals surface area contributed by atoms with E-state index in [1.165, 1.54) is 19.2 Å². The summed E-state index contributed by atoms with van der Waals surface area (Å²) in [6.45, 7) is 2.98. The predicted molar refractivity (Wildman–Crippen MR) is 88.7 cm³/mol. The molecule has 0 atom stereocenters. The zero-order chi connectivity index (χ0) is 14.3. The minimum atomic E-state index is -0.453. The summed E-state index contributed by atoms with van der Waals surface area (Å²) < 4.78 is 5.14. The van der Waals surface area contributed by atoms with Crippen molar-refractivity contribution in [3.05, 3.63) is 33.9 Å². The summed E-state index contributed by atoms with van der Waals surface area (Å²) in [5.41, 5.74) is 6.29. The summed E-state index contributed by atoms with van der Waals surface area (Å²) in [6, 6.07) is 4.39. The SMILES string of the molecule is CCCNC(N)=NCc1cc([N+](=O)[O-])ccc1OC.I. The summed E-state index contributed by atoms with van der Waals surface area (Å²) >= 11 is 0. The Bertz CT molecular complexity index is 480. The topological polar surface area (TPSA) is 103 Å². The highest BCUT2D eigenvalue weighted by atomic mass is 127. The molecule has 0 aliphatic heterocycles. The number of non-ortho nitro benzene ring substituents is 1. The van der Waals surface area contributed by atoms with Gasteiger partial charge in [-0.15, -0.1) is 24.0 Å². The van der Waals surface area contributed by atoms with Crippen molar-refractivity contribution in [3.8, 4) is 5.75 Å². The van der Waals surface area contributed by atoms with Crippen molar-refractivity contribution >= 4 is 35.6 Å². The van der Waals surface area contributed by atoms with E-state index in [1.807, 2.05) is 6.92 Å². The molecule has 20 heavy (non-hydrogen) atoms. The Morgan fingerprint density at radius 3 is 2.80 bits per heavy atom. The Balaban J connectivity index is 0.00000361. The first-order valence-electron chi connectivity index (χ1n) is 5.93. The second kappa shape index (κ2) is 9.34. The lowest BCUT2D eigenvalue weighted by molar-refractivity contribution is -0.384. The normalized spacial score (nSPS) is 10.6. The van der Waals surface area contributed by atoms with E-state index in [-0.39, 0.29) is 36.2 Å². The lowest BCUT2D eigenvalue weighted by Gasteiger charge is -2.07. The van der Waals surface area contributed by atoms with Crippen molar-refractivity contribution in [3.63, 3.8) is 0 Å². The fourth-order valence-corrected chi connectivity index (χ4v) is 1.48. The number of nitro benzene ring substituents is 1. The fraction of sp³-hybridized carbons (Fsp3) is 0.417. The first-order valence-corrected chi connectivity index (χ1v) is 5.93. The van der Waals surface area contributed by atoms with Gasteiger partial charge in [-0.2, -0.15) is 0 Å². The molecule has 3 N–H and O–H groups in total. The van der Waals surface area contributed by atoms with E-state index >= 15 is 0 Å². The molecule has 0 amide bonds. The maximum absolute atomic E-state index is 10.7. The standard InChI is InChI=1S/C12H18N4O3.HI/c1-3-6-14-12(13)15-8-9-7-10(16(17)18)4-5-11(9)19-2;/h4-5,7H,3,6,8H2,1-2H3,(H3,13,14,15);1H. The summed E-state index contributed by atoms with van der Waals surface area (Å²) in [7, 11) is 1.51. The quantitative estimate of drug-likeness (QED) is 0.253. The van der Waals surface area contributed by atoms with E-state index in [1.54, 1.807) is 6.07 Å². The van der Waals surface area contributed by atoms with Gasteiger partial charge in [0.25, 0.3) is 5.69 Å². The van der Waals surface area contributed by atoms with Crippen LogP contribution in [-0.2, 0) is 6.54 Å². The minimum Gasteiger partial charge on any atom is -0.496 e. The lowest BCUT2D eigenvalue weighted by atomic mass is 10.2. The van der Waals surface area contributed by atoms with Crippen LogP contribution in [0.5, 0.6) is 5.75 Å². The van der Waals surface area contributed by atoms with Gasteiger partial charge in [0.2, 0.25) is 0 Å². The van der Waals surface area contributed by atoms with Gasteiger partial charge in [0.05, 0.1) is 18.6 Å². The number of aliphatic imine (C=N–C) groups is 1. The van der Waals surface area contributed by atoms with Crippen LogP contribution in [0.15, 0.2) is 23.2 Å². The maximum atomic E-state index is 10.7. The average Bonchev–Trinajstić information content (AvgIpc) is 2.42. The molecule has 0 saturated heterocycles. The first-order chi connectivity index (χ1) is 9.08. The monoisotopic (exact) mass is 394 g/mol. The molecule has 112 valence electrons. The lowest BCUT2D eigenvalue weighted by Crippen LogP contribution is -2.32. The molecule has 0 aliphatic rings. The van der Waals surface area contributed by atoms with Crippen molar-refractivity contribution in [1.29, 1.82) is 0 Å². The Labute approximate surface area is 134 Å². The molecule has 0 unspecified atom stereocenters. The predicted octanol–water partition coefficient (Wildman–Crippen LogP) is 2.04. The molecule has 0 aliphatic carbocycles. The maximum Gasteiger partial charge on any atom is 0.270 e. The molecular weight excluding hydrogens is 375 g/mol. The van der Waals surface area contributed by atoms with Crippen molar-refractivity contribution in [2.45, 2.75) is 19.9 Å². The molecule has 0 bridgehead atoms. The van der Waals surface area contributed by atoms with Gasteiger partial charge in [-0.1, -0.05) is 6.92 Å². The Morgan fingerprint density at radius 2 is 2.25 bits per heavy atom. The number of benzene rings is 1. The zero-order valence-electron chi connectivity index (χ0n) is 11.5. The van der Waals surface area contributed by atoms with Crippen molar-refractivity contribution in [1.82, 2.24) is 5.32 Å². The van der Waals surface area contributed by atoms with Crippen LogP contribution in [0.25, 0.3) is 0 Å². The molecule has 0 saturated carbocycles. The van der Waals surface area contributed by atoms with Gasteiger partial charge in [0.1, 0.15) is 5.75 Å². The number of methoxy groups -OCH3 is 1. The molecule has 0 aromatic heterocycles. The van der Waals surface area contributed by atoms with Crippen LogP contribution < -0.4 is 15.8 Å². The number of rotatable bonds is 6. The number of nitrogens with zero attached hydrogens (tertiary/aromatic N) is 2. The van der Waals surface area contributed by atoms with Gasteiger partial charge in [-0.25, -0.2) is 4.99 Å². The third kappa shape index (κ3) is 5.59. The fourth-order valence-electron chi connectivity index (χ4n) is 1.48. The number of hydrogen-bond donors (Lipinski definition) is 2. The number of guanidine groups is 1. The number of nitro groups is 1. The van der Waals surface area contributed by atoms with Gasteiger partial charge < -0.3 is 15.8 Å². The zero-order valence-corrected chi connectivity index (χ0v) is 13.8. The first kappa shape index (κ1) is 18.4.